The number of sulfonamides is 1. The van der Waals surface area contributed by atoms with Crippen LogP contribution in [0, 0.1) is 0 Å². The van der Waals surface area contributed by atoms with Crippen molar-refractivity contribution in [3.05, 3.63) is 42.3 Å². The van der Waals surface area contributed by atoms with Gasteiger partial charge in [-0.3, -0.25) is 0 Å². The van der Waals surface area contributed by atoms with Crippen molar-refractivity contribution in [2.24, 2.45) is 0 Å². The predicted octanol–water partition coefficient (Wildman–Crippen LogP) is 2.38. The Balaban J connectivity index is 2.24. The van der Waals surface area contributed by atoms with Crippen LogP contribution in [0.4, 0.5) is 0 Å². The zero-order valence-electron chi connectivity index (χ0n) is 11.6. The zero-order valence-corrected chi connectivity index (χ0v) is 13.2. The van der Waals surface area contributed by atoms with Gasteiger partial charge >= 0.3 is 0 Å². The highest BCUT2D eigenvalue weighted by atomic mass is 32.2. The first-order valence-corrected chi connectivity index (χ1v) is 8.53. The van der Waals surface area contributed by atoms with Crippen molar-refractivity contribution in [2.75, 3.05) is 6.61 Å². The Labute approximate surface area is 127 Å². The van der Waals surface area contributed by atoms with Crippen LogP contribution < -0.4 is 4.72 Å². The van der Waals surface area contributed by atoms with Crippen LogP contribution in [-0.2, 0) is 14.8 Å². The summed E-state index contributed by atoms with van der Waals surface area (Å²) < 4.78 is 35.9. The highest BCUT2D eigenvalue weighted by molar-refractivity contribution is 7.91. The molecule has 0 fully saturated rings. The average molecular weight is 325 g/mol. The molecular weight excluding hydrogens is 310 g/mol. The van der Waals surface area contributed by atoms with E-state index in [0.717, 1.165) is 17.1 Å². The minimum absolute atomic E-state index is 0.0968. The number of nitrogens with zero attached hydrogens (tertiary/aromatic N) is 2. The van der Waals surface area contributed by atoms with Crippen LogP contribution in [0.25, 0.3) is 11.4 Å². The van der Waals surface area contributed by atoms with Gasteiger partial charge in [0.1, 0.15) is 0 Å². The highest BCUT2D eigenvalue weighted by Crippen LogP contribution is 2.20. The fourth-order valence-electron chi connectivity index (χ4n) is 1.53. The maximum Gasteiger partial charge on any atom is 0.293 e. The van der Waals surface area contributed by atoms with E-state index < -0.39 is 10.0 Å². The molecule has 8 heteroatoms. The number of hydrogen-bond donors (Lipinski definition) is 1. The summed E-state index contributed by atoms with van der Waals surface area (Å²) in [5.74, 6) is 0.563. The topological polar surface area (TPSA) is 81.2 Å². The zero-order chi connectivity index (χ0) is 15.3. The van der Waals surface area contributed by atoms with Gasteiger partial charge in [-0.2, -0.15) is 12.8 Å². The van der Waals surface area contributed by atoms with Gasteiger partial charge in [-0.1, -0.05) is 30.3 Å². The third-order valence-corrected chi connectivity index (χ3v) is 4.88. The SMILES string of the molecule is CC=C(NS(=O)(=O)c1nc(-c2ccccc2)ns1)OCC. The maximum atomic E-state index is 12.2. The Hall–Kier alpha value is -1.93. The van der Waals surface area contributed by atoms with Crippen molar-refractivity contribution in [1.82, 2.24) is 14.1 Å². The molecule has 0 atom stereocenters. The first-order chi connectivity index (χ1) is 10.1. The molecule has 0 bridgehead atoms. The Morgan fingerprint density at radius 2 is 2.10 bits per heavy atom. The van der Waals surface area contributed by atoms with Crippen molar-refractivity contribution in [3.8, 4) is 11.4 Å². The molecule has 0 unspecified atom stereocenters. The van der Waals surface area contributed by atoms with E-state index in [4.69, 9.17) is 4.74 Å². The standard InChI is InChI=1S/C13H15N3O3S2/c1-3-11(19-4-2)16-21(17,18)13-14-12(15-20-13)10-8-6-5-7-9-10/h3,5-9,16H,4H2,1-2H3. The van der Waals surface area contributed by atoms with E-state index in [2.05, 4.69) is 14.1 Å². The molecule has 0 spiro atoms. The van der Waals surface area contributed by atoms with Crippen molar-refractivity contribution < 1.29 is 13.2 Å². The lowest BCUT2D eigenvalue weighted by Gasteiger charge is -2.09. The van der Waals surface area contributed by atoms with E-state index in [1.807, 2.05) is 30.3 Å². The number of allylic oxidation sites excluding steroid dienone is 1. The van der Waals surface area contributed by atoms with Crippen LogP contribution >= 0.6 is 11.5 Å². The predicted molar refractivity (Wildman–Crippen MR) is 81.0 cm³/mol. The van der Waals surface area contributed by atoms with Crippen LogP contribution in [0.5, 0.6) is 0 Å². The van der Waals surface area contributed by atoms with E-state index in [1.165, 1.54) is 0 Å². The third-order valence-electron chi connectivity index (χ3n) is 2.47. The molecule has 1 aromatic carbocycles. The van der Waals surface area contributed by atoms with Gasteiger partial charge in [0, 0.05) is 17.1 Å². The smallest absolute Gasteiger partial charge is 0.293 e. The summed E-state index contributed by atoms with van der Waals surface area (Å²) in [4.78, 5) is 4.07. The minimum Gasteiger partial charge on any atom is -0.479 e. The molecule has 21 heavy (non-hydrogen) atoms. The lowest BCUT2D eigenvalue weighted by Crippen LogP contribution is -2.24. The molecule has 1 aromatic heterocycles. The van der Waals surface area contributed by atoms with Crippen molar-refractivity contribution in [3.63, 3.8) is 0 Å². The number of hydrogen-bond acceptors (Lipinski definition) is 6. The van der Waals surface area contributed by atoms with Gasteiger partial charge in [0.05, 0.1) is 6.61 Å². The lowest BCUT2D eigenvalue weighted by atomic mass is 10.2. The van der Waals surface area contributed by atoms with Gasteiger partial charge < -0.3 is 4.74 Å². The summed E-state index contributed by atoms with van der Waals surface area (Å²) in [7, 11) is -3.78. The lowest BCUT2D eigenvalue weighted by molar-refractivity contribution is 0.217. The third kappa shape index (κ3) is 3.79. The van der Waals surface area contributed by atoms with E-state index in [-0.39, 0.29) is 10.2 Å². The van der Waals surface area contributed by atoms with E-state index in [9.17, 15) is 8.42 Å². The number of aromatic nitrogens is 2. The number of nitrogens with one attached hydrogen (secondary N) is 1. The molecule has 0 amide bonds. The number of benzene rings is 1. The summed E-state index contributed by atoms with van der Waals surface area (Å²) in [6.45, 7) is 3.83. The largest absolute Gasteiger partial charge is 0.479 e. The molecule has 2 aromatic rings. The van der Waals surface area contributed by atoms with Gasteiger partial charge in [-0.25, -0.2) is 9.71 Å². The van der Waals surface area contributed by atoms with E-state index in [0.29, 0.717) is 12.4 Å². The number of rotatable bonds is 6. The van der Waals surface area contributed by atoms with Gasteiger partial charge in [0.2, 0.25) is 4.34 Å². The van der Waals surface area contributed by atoms with E-state index >= 15 is 0 Å². The average Bonchev–Trinajstić information content (AvgIpc) is 2.98. The second kappa shape index (κ2) is 6.68. The Morgan fingerprint density at radius 1 is 1.38 bits per heavy atom. The Kier molecular flexibility index (Phi) is 4.92. The van der Waals surface area contributed by atoms with E-state index in [1.54, 1.807) is 19.9 Å². The van der Waals surface area contributed by atoms with Crippen molar-refractivity contribution >= 4 is 21.6 Å². The first kappa shape index (κ1) is 15.5. The maximum absolute atomic E-state index is 12.2. The summed E-state index contributed by atoms with van der Waals surface area (Å²) in [6.07, 6.45) is 1.54. The molecule has 6 nitrogen and oxygen atoms in total. The Bertz CT molecular complexity index is 724. The first-order valence-electron chi connectivity index (χ1n) is 6.28. The molecule has 1 heterocycles. The monoisotopic (exact) mass is 325 g/mol. The molecule has 0 radical (unpaired) electrons. The van der Waals surface area contributed by atoms with Crippen LogP contribution in [0.2, 0.25) is 0 Å². The van der Waals surface area contributed by atoms with Gasteiger partial charge in [-0.15, -0.1) is 0 Å². The molecule has 0 aliphatic carbocycles. The molecule has 1 N–H and O–H groups in total. The molecular formula is C13H15N3O3S2. The summed E-state index contributed by atoms with van der Waals surface area (Å²) in [6, 6.07) is 9.20. The van der Waals surface area contributed by atoms with Crippen molar-refractivity contribution in [1.29, 1.82) is 0 Å². The highest BCUT2D eigenvalue weighted by Gasteiger charge is 2.21. The summed E-state index contributed by atoms with van der Waals surface area (Å²) in [5, 5.41) is 0. The van der Waals surface area contributed by atoms with Crippen LogP contribution in [0.1, 0.15) is 13.8 Å². The molecule has 0 aliphatic rings. The molecule has 0 aliphatic heterocycles. The fraction of sp³-hybridized carbons (Fsp3) is 0.231. The molecule has 112 valence electrons. The van der Waals surface area contributed by atoms with Gasteiger partial charge in [0.25, 0.3) is 10.0 Å². The molecule has 0 saturated heterocycles. The minimum atomic E-state index is -3.78. The van der Waals surface area contributed by atoms with Crippen LogP contribution in [0.3, 0.4) is 0 Å². The van der Waals surface area contributed by atoms with Crippen LogP contribution in [0.15, 0.2) is 46.6 Å². The van der Waals surface area contributed by atoms with Gasteiger partial charge in [0.15, 0.2) is 11.7 Å². The molecule has 2 rings (SSSR count). The second-order valence-electron chi connectivity index (χ2n) is 3.94. The number of ether oxygens (including phenoxy) is 1. The molecule has 0 saturated carbocycles. The summed E-state index contributed by atoms with van der Waals surface area (Å²) >= 11 is 0.828. The van der Waals surface area contributed by atoms with Crippen molar-refractivity contribution in [2.45, 2.75) is 18.2 Å². The second-order valence-corrected chi connectivity index (χ2v) is 6.55. The quantitative estimate of drug-likeness (QED) is 0.825. The van der Waals surface area contributed by atoms with Crippen LogP contribution in [-0.4, -0.2) is 24.4 Å². The van der Waals surface area contributed by atoms with Gasteiger partial charge in [-0.05, 0) is 19.9 Å². The normalized spacial score (nSPS) is 12.2. The summed E-state index contributed by atoms with van der Waals surface area (Å²) in [5.41, 5.74) is 0.770. The fourth-order valence-corrected chi connectivity index (χ4v) is 3.33. The Morgan fingerprint density at radius 3 is 2.71 bits per heavy atom.